The van der Waals surface area contributed by atoms with Crippen LogP contribution in [0.25, 0.3) is 10.1 Å². The van der Waals surface area contributed by atoms with E-state index in [0.717, 1.165) is 15.6 Å². The highest BCUT2D eigenvalue weighted by Gasteiger charge is 2.33. The first-order valence-electron chi connectivity index (χ1n) is 9.15. The lowest BCUT2D eigenvalue weighted by atomic mass is 9.98. The number of nitrogens with zero attached hydrogens (tertiary/aromatic N) is 2. The van der Waals surface area contributed by atoms with Crippen LogP contribution in [0.4, 0.5) is 5.69 Å². The van der Waals surface area contributed by atoms with Gasteiger partial charge in [0, 0.05) is 30.4 Å². The summed E-state index contributed by atoms with van der Waals surface area (Å²) in [6, 6.07) is 12.5. The lowest BCUT2D eigenvalue weighted by Gasteiger charge is -2.31. The summed E-state index contributed by atoms with van der Waals surface area (Å²) in [6.45, 7) is 2.55. The Bertz CT molecular complexity index is 1110. The van der Waals surface area contributed by atoms with Gasteiger partial charge in [0.15, 0.2) is 0 Å². The third kappa shape index (κ3) is 3.80. The predicted molar refractivity (Wildman–Crippen MR) is 111 cm³/mol. The van der Waals surface area contributed by atoms with Crippen LogP contribution < -0.4 is 5.32 Å². The van der Waals surface area contributed by atoms with Gasteiger partial charge in [0.2, 0.25) is 15.9 Å². The van der Waals surface area contributed by atoms with Crippen molar-refractivity contribution in [2.75, 3.05) is 18.4 Å². The molecule has 146 valence electrons. The lowest BCUT2D eigenvalue weighted by Crippen LogP contribution is -2.43. The summed E-state index contributed by atoms with van der Waals surface area (Å²) in [5.41, 5.74) is 1.71. The van der Waals surface area contributed by atoms with Crippen molar-refractivity contribution in [3.63, 3.8) is 0 Å². The molecule has 1 fully saturated rings. The average Bonchev–Trinajstić information content (AvgIpc) is 3.16. The van der Waals surface area contributed by atoms with Crippen LogP contribution in [0.3, 0.4) is 0 Å². The van der Waals surface area contributed by atoms with Gasteiger partial charge in [-0.1, -0.05) is 17.7 Å². The smallest absolute Gasteiger partial charge is 0.243 e. The molecule has 28 heavy (non-hydrogen) atoms. The number of rotatable bonds is 4. The van der Waals surface area contributed by atoms with E-state index in [4.69, 9.17) is 0 Å². The number of piperidine rings is 1. The normalized spacial score (nSPS) is 18.2. The Morgan fingerprint density at radius 2 is 2.00 bits per heavy atom. The number of aryl methyl sites for hydroxylation is 1. The highest BCUT2D eigenvalue weighted by Crippen LogP contribution is 2.26. The van der Waals surface area contributed by atoms with Gasteiger partial charge in [0.1, 0.15) is 0 Å². The third-order valence-corrected chi connectivity index (χ3v) is 7.69. The highest BCUT2D eigenvalue weighted by atomic mass is 32.2. The Labute approximate surface area is 168 Å². The van der Waals surface area contributed by atoms with Gasteiger partial charge in [0.05, 0.1) is 15.5 Å². The first kappa shape index (κ1) is 19.0. The number of nitrogens with one attached hydrogen (secondary N) is 1. The van der Waals surface area contributed by atoms with Crippen LogP contribution in [0.1, 0.15) is 18.4 Å². The third-order valence-electron chi connectivity index (χ3n) is 5.03. The van der Waals surface area contributed by atoms with Gasteiger partial charge >= 0.3 is 0 Å². The topological polar surface area (TPSA) is 79.4 Å². The van der Waals surface area contributed by atoms with Crippen molar-refractivity contribution < 1.29 is 13.2 Å². The Morgan fingerprint density at radius 3 is 2.79 bits per heavy atom. The molecule has 4 rings (SSSR count). The van der Waals surface area contributed by atoms with E-state index in [9.17, 15) is 13.2 Å². The van der Waals surface area contributed by atoms with Gasteiger partial charge in [-0.25, -0.2) is 8.42 Å². The molecule has 0 spiro atoms. The van der Waals surface area contributed by atoms with E-state index in [1.807, 2.05) is 25.1 Å². The number of sulfonamides is 1. The summed E-state index contributed by atoms with van der Waals surface area (Å²) in [5, 5.41) is 3.91. The van der Waals surface area contributed by atoms with Crippen molar-refractivity contribution in [1.29, 1.82) is 0 Å². The van der Waals surface area contributed by atoms with E-state index in [0.29, 0.717) is 25.1 Å². The molecule has 6 nitrogen and oxygen atoms in total. The molecule has 1 aliphatic rings. The molecule has 0 radical (unpaired) electrons. The zero-order valence-corrected chi connectivity index (χ0v) is 17.1. The molecule has 0 saturated carbocycles. The van der Waals surface area contributed by atoms with Crippen LogP contribution in [0.2, 0.25) is 0 Å². The predicted octanol–water partition coefficient (Wildman–Crippen LogP) is 3.64. The van der Waals surface area contributed by atoms with Crippen molar-refractivity contribution in [1.82, 2.24) is 8.68 Å². The first-order valence-corrected chi connectivity index (χ1v) is 11.4. The van der Waals surface area contributed by atoms with E-state index in [1.165, 1.54) is 15.8 Å². The number of carbonyl (C=O) groups is 1. The van der Waals surface area contributed by atoms with Crippen molar-refractivity contribution in [2.45, 2.75) is 24.7 Å². The summed E-state index contributed by atoms with van der Waals surface area (Å²) in [6.07, 6.45) is 3.11. The van der Waals surface area contributed by atoms with Crippen LogP contribution in [0.15, 0.2) is 53.6 Å². The lowest BCUT2D eigenvalue weighted by molar-refractivity contribution is -0.120. The van der Waals surface area contributed by atoms with Gasteiger partial charge in [-0.05, 0) is 61.6 Å². The molecular weight excluding hydrogens is 394 g/mol. The fraction of sp³-hybridized carbons (Fsp3) is 0.300. The molecule has 1 atom stereocenters. The van der Waals surface area contributed by atoms with Gasteiger partial charge in [-0.2, -0.15) is 8.68 Å². The second-order valence-electron chi connectivity index (χ2n) is 7.08. The van der Waals surface area contributed by atoms with E-state index < -0.39 is 10.0 Å². The van der Waals surface area contributed by atoms with Crippen LogP contribution in [0, 0.1) is 12.8 Å². The standard InChI is InChI=1S/C20H21N3O3S2/c1-14-4-7-18(8-5-14)28(25,26)23-10-2-3-15(13-23)20(24)22-17-6-9-19-16(11-17)12-21-27-19/h4-9,11-12,15H,2-3,10,13H2,1H3,(H,22,24)/t15-/m0/s1. The minimum atomic E-state index is -3.59. The number of carbonyl (C=O) groups excluding carboxylic acids is 1. The molecule has 0 aliphatic carbocycles. The Morgan fingerprint density at radius 1 is 1.21 bits per heavy atom. The van der Waals surface area contributed by atoms with Crippen LogP contribution in [-0.4, -0.2) is 36.1 Å². The second-order valence-corrected chi connectivity index (χ2v) is 9.85. The van der Waals surface area contributed by atoms with E-state index in [1.54, 1.807) is 30.5 Å². The zero-order valence-electron chi connectivity index (χ0n) is 15.5. The number of hydrogen-bond donors (Lipinski definition) is 1. The summed E-state index contributed by atoms with van der Waals surface area (Å²) < 4.78 is 32.5. The Balaban J connectivity index is 1.48. The maximum atomic E-state index is 12.9. The maximum Gasteiger partial charge on any atom is 0.243 e. The molecule has 8 heteroatoms. The SMILES string of the molecule is Cc1ccc(S(=O)(=O)N2CCC[C@H](C(=O)Nc3ccc4sncc4c3)C2)cc1. The number of fused-ring (bicyclic) bond motifs is 1. The van der Waals surface area contributed by atoms with Gasteiger partial charge in [-0.3, -0.25) is 4.79 Å². The largest absolute Gasteiger partial charge is 0.326 e. The quantitative estimate of drug-likeness (QED) is 0.705. The number of amides is 1. The maximum absolute atomic E-state index is 12.9. The van der Waals surface area contributed by atoms with Crippen molar-refractivity contribution in [3.05, 3.63) is 54.2 Å². The summed E-state index contributed by atoms with van der Waals surface area (Å²) in [4.78, 5) is 13.0. The van der Waals surface area contributed by atoms with E-state index >= 15 is 0 Å². The van der Waals surface area contributed by atoms with Gasteiger partial charge < -0.3 is 5.32 Å². The summed E-state index contributed by atoms with van der Waals surface area (Å²) in [7, 11) is -3.59. The molecule has 2 aromatic carbocycles. The minimum absolute atomic E-state index is 0.147. The first-order chi connectivity index (χ1) is 13.4. The average molecular weight is 416 g/mol. The van der Waals surface area contributed by atoms with Crippen molar-refractivity contribution >= 4 is 43.2 Å². The summed E-state index contributed by atoms with van der Waals surface area (Å²) >= 11 is 1.41. The number of aromatic nitrogens is 1. The molecule has 2 heterocycles. The Kier molecular flexibility index (Phi) is 5.18. The van der Waals surface area contributed by atoms with Gasteiger partial charge in [0.25, 0.3) is 0 Å². The number of anilines is 1. The molecule has 3 aromatic rings. The fourth-order valence-corrected chi connectivity index (χ4v) is 5.58. The molecule has 0 unspecified atom stereocenters. The van der Waals surface area contributed by atoms with Crippen molar-refractivity contribution in [3.8, 4) is 0 Å². The molecular formula is C20H21N3O3S2. The molecule has 1 aromatic heterocycles. The zero-order chi connectivity index (χ0) is 19.7. The molecule has 1 aliphatic heterocycles. The van der Waals surface area contributed by atoms with E-state index in [2.05, 4.69) is 9.69 Å². The van der Waals surface area contributed by atoms with E-state index in [-0.39, 0.29) is 23.3 Å². The van der Waals surface area contributed by atoms with Crippen molar-refractivity contribution in [2.24, 2.45) is 5.92 Å². The molecule has 1 saturated heterocycles. The minimum Gasteiger partial charge on any atom is -0.326 e. The van der Waals surface area contributed by atoms with Crippen LogP contribution >= 0.6 is 11.5 Å². The Hall–Kier alpha value is -2.29. The number of benzene rings is 2. The second kappa shape index (κ2) is 7.62. The monoisotopic (exact) mass is 415 g/mol. The molecule has 1 N–H and O–H groups in total. The van der Waals surface area contributed by atoms with Gasteiger partial charge in [-0.15, -0.1) is 0 Å². The fourth-order valence-electron chi connectivity index (χ4n) is 3.43. The molecule has 0 bridgehead atoms. The van der Waals surface area contributed by atoms with Crippen LogP contribution in [0.5, 0.6) is 0 Å². The highest BCUT2D eigenvalue weighted by molar-refractivity contribution is 7.89. The molecule has 1 amide bonds. The van der Waals surface area contributed by atoms with Crippen LogP contribution in [-0.2, 0) is 14.8 Å². The summed E-state index contributed by atoms with van der Waals surface area (Å²) in [5.74, 6) is -0.517. The number of hydrogen-bond acceptors (Lipinski definition) is 5.